The third-order valence-corrected chi connectivity index (χ3v) is 1.32. The first-order chi connectivity index (χ1) is 4.86. The van der Waals surface area contributed by atoms with Crippen LogP contribution in [-0.4, -0.2) is 4.98 Å². The first kappa shape index (κ1) is 6.76. The zero-order chi connectivity index (χ0) is 7.40. The van der Waals surface area contributed by atoms with Crippen molar-refractivity contribution in [1.29, 1.82) is 0 Å². The summed E-state index contributed by atoms with van der Waals surface area (Å²) in [6.45, 7) is 2.04. The Bertz CT molecular complexity index is 260. The van der Waals surface area contributed by atoms with E-state index in [1.54, 1.807) is 12.3 Å². The van der Waals surface area contributed by atoms with E-state index in [1.165, 1.54) is 0 Å². The Morgan fingerprint density at radius 2 is 2.50 bits per heavy atom. The van der Waals surface area contributed by atoms with Gasteiger partial charge in [-0.25, -0.2) is 0 Å². The summed E-state index contributed by atoms with van der Waals surface area (Å²) in [5, 5.41) is 6.84. The lowest BCUT2D eigenvalue weighted by Gasteiger charge is -1.91. The van der Waals surface area contributed by atoms with Crippen LogP contribution in [-0.2, 0) is 6.42 Å². The van der Waals surface area contributed by atoms with Crippen LogP contribution in [0.4, 0.5) is 0 Å². The van der Waals surface area contributed by atoms with Crippen molar-refractivity contribution >= 4 is 0 Å². The second kappa shape index (κ2) is 2.98. The van der Waals surface area contributed by atoms with E-state index in [4.69, 9.17) is 5.26 Å². The molecule has 1 aromatic heterocycles. The maximum atomic E-state index is 6.84. The van der Waals surface area contributed by atoms with Gasteiger partial charge in [0.25, 0.3) is 0 Å². The topological polar surface area (TPSA) is 36.7 Å². The Kier molecular flexibility index (Phi) is 2.01. The number of rotatable bonds is 1. The van der Waals surface area contributed by atoms with E-state index in [0.717, 1.165) is 17.7 Å². The van der Waals surface area contributed by atoms with Gasteiger partial charge < -0.3 is 0 Å². The van der Waals surface area contributed by atoms with Gasteiger partial charge in [-0.05, 0) is 18.6 Å². The normalized spacial score (nSPS) is 8.80. The molecule has 1 heterocycles. The van der Waals surface area contributed by atoms with Crippen molar-refractivity contribution in [3.63, 3.8) is 0 Å². The van der Waals surface area contributed by atoms with Crippen molar-refractivity contribution in [3.8, 4) is 6.07 Å². The molecule has 0 atom stereocenters. The molecule has 1 N–H and O–H groups in total. The molecule has 0 aliphatic carbocycles. The molecule has 0 radical (unpaired) electrons. The molecule has 50 valence electrons. The fourth-order valence-electron chi connectivity index (χ4n) is 0.749. The molecule has 2 heteroatoms. The van der Waals surface area contributed by atoms with E-state index in [0.29, 0.717) is 0 Å². The van der Waals surface area contributed by atoms with Crippen LogP contribution < -0.4 is 5.26 Å². The Balaban J connectivity index is 3.01. The van der Waals surface area contributed by atoms with E-state index in [2.05, 4.69) is 11.1 Å². The van der Waals surface area contributed by atoms with Gasteiger partial charge in [0.05, 0.1) is 0 Å². The first-order valence-corrected chi connectivity index (χ1v) is 3.24. The van der Waals surface area contributed by atoms with Crippen LogP contribution in [0.15, 0.2) is 18.3 Å². The number of nitrogens with zero attached hydrogens (tertiary/aromatic N) is 1. The van der Waals surface area contributed by atoms with E-state index in [9.17, 15) is 0 Å². The van der Waals surface area contributed by atoms with Crippen LogP contribution >= 0.6 is 0 Å². The highest BCUT2D eigenvalue weighted by Gasteiger charge is 1.94. The zero-order valence-electron chi connectivity index (χ0n) is 5.89. The second-order valence-corrected chi connectivity index (χ2v) is 2.01. The lowest BCUT2D eigenvalue weighted by molar-refractivity contribution is -0.0909. The van der Waals surface area contributed by atoms with Gasteiger partial charge in [-0.15, -0.1) is 0 Å². The standard InChI is InChI=1S/C8H8N2/c1-2-8-5-7(6-9)3-4-10-8/h3-5H,2H2,1H3/p+1. The Morgan fingerprint density at radius 1 is 1.70 bits per heavy atom. The second-order valence-electron chi connectivity index (χ2n) is 2.01. The summed E-state index contributed by atoms with van der Waals surface area (Å²) in [7, 11) is 0. The van der Waals surface area contributed by atoms with Crippen LogP contribution in [0.1, 0.15) is 18.2 Å². The molecule has 0 amide bonds. The van der Waals surface area contributed by atoms with Crippen LogP contribution in [0.5, 0.6) is 0 Å². The van der Waals surface area contributed by atoms with Crippen LogP contribution in [0, 0.1) is 6.07 Å². The van der Waals surface area contributed by atoms with E-state index < -0.39 is 0 Å². The first-order valence-electron chi connectivity index (χ1n) is 3.24. The van der Waals surface area contributed by atoms with Crippen molar-refractivity contribution < 1.29 is 5.26 Å². The molecule has 10 heavy (non-hydrogen) atoms. The average Bonchev–Trinajstić information content (AvgIpc) is 2.05. The number of hydrogen-bond acceptors (Lipinski definition) is 1. The molecule has 0 aliphatic rings. The van der Waals surface area contributed by atoms with Crippen LogP contribution in [0.3, 0.4) is 0 Å². The van der Waals surface area contributed by atoms with Crippen molar-refractivity contribution in [3.05, 3.63) is 29.6 Å². The number of aromatic nitrogens is 1. The molecule has 2 nitrogen and oxygen atoms in total. The summed E-state index contributed by atoms with van der Waals surface area (Å²) in [6.07, 6.45) is 2.62. The van der Waals surface area contributed by atoms with Gasteiger partial charge in [0.15, 0.2) is 0 Å². The smallest absolute Gasteiger partial charge is 0.261 e. The largest absolute Gasteiger partial charge is 0.308 e. The fourth-order valence-corrected chi connectivity index (χ4v) is 0.749. The molecule has 0 saturated heterocycles. The van der Waals surface area contributed by atoms with Crippen molar-refractivity contribution in [2.75, 3.05) is 0 Å². The highest BCUT2D eigenvalue weighted by Crippen LogP contribution is 1.99. The molecule has 1 aromatic rings. The van der Waals surface area contributed by atoms with Crippen molar-refractivity contribution in [2.45, 2.75) is 13.3 Å². The van der Waals surface area contributed by atoms with Gasteiger partial charge in [0.1, 0.15) is 5.56 Å². The van der Waals surface area contributed by atoms with E-state index >= 15 is 0 Å². The molecule has 0 spiro atoms. The summed E-state index contributed by atoms with van der Waals surface area (Å²) >= 11 is 0. The van der Waals surface area contributed by atoms with Crippen molar-refractivity contribution in [1.82, 2.24) is 4.98 Å². The summed E-state index contributed by atoms with van der Waals surface area (Å²) < 4.78 is 0. The molecule has 0 bridgehead atoms. The molecule has 0 fully saturated rings. The lowest BCUT2D eigenvalue weighted by atomic mass is 10.2. The lowest BCUT2D eigenvalue weighted by Crippen LogP contribution is -2.17. The SMILES string of the molecule is CCc1cc(C#[NH+])ccn1. The average molecular weight is 133 g/mol. The number of pyridine rings is 1. The monoisotopic (exact) mass is 133 g/mol. The van der Waals surface area contributed by atoms with Crippen molar-refractivity contribution in [2.24, 2.45) is 0 Å². The van der Waals surface area contributed by atoms with Gasteiger partial charge in [-0.3, -0.25) is 4.98 Å². The molecule has 0 unspecified atom stereocenters. The minimum absolute atomic E-state index is 0.798. The predicted molar refractivity (Wildman–Crippen MR) is 37.6 cm³/mol. The molecular formula is C8H9N2+. The third-order valence-electron chi connectivity index (χ3n) is 1.32. The molecule has 0 aliphatic heterocycles. The maximum Gasteiger partial charge on any atom is 0.308 e. The Labute approximate surface area is 60.1 Å². The highest BCUT2D eigenvalue weighted by molar-refractivity contribution is 5.27. The van der Waals surface area contributed by atoms with Gasteiger partial charge in [-0.2, -0.15) is 0 Å². The van der Waals surface area contributed by atoms with Crippen LogP contribution in [0.2, 0.25) is 0 Å². The molecule has 1 rings (SSSR count). The predicted octanol–water partition coefficient (Wildman–Crippen LogP) is -0.235. The Morgan fingerprint density at radius 3 is 3.10 bits per heavy atom. The third kappa shape index (κ3) is 1.32. The summed E-state index contributed by atoms with van der Waals surface area (Å²) in [4.78, 5) is 4.08. The van der Waals surface area contributed by atoms with Gasteiger partial charge >= 0.3 is 6.07 Å². The molecule has 0 saturated carbocycles. The summed E-state index contributed by atoms with van der Waals surface area (Å²) in [5.74, 6) is 0. The quantitative estimate of drug-likeness (QED) is 0.564. The van der Waals surface area contributed by atoms with E-state index in [-0.39, 0.29) is 0 Å². The molecular weight excluding hydrogens is 124 g/mol. The van der Waals surface area contributed by atoms with Gasteiger partial charge in [0, 0.05) is 11.9 Å². The summed E-state index contributed by atoms with van der Waals surface area (Å²) in [5.41, 5.74) is 1.81. The van der Waals surface area contributed by atoms with Gasteiger partial charge in [0.2, 0.25) is 0 Å². The van der Waals surface area contributed by atoms with Gasteiger partial charge in [-0.1, -0.05) is 12.2 Å². The Hall–Kier alpha value is -1.36. The number of nitrogens with one attached hydrogen (secondary N) is 1. The summed E-state index contributed by atoms with van der Waals surface area (Å²) in [6, 6.07) is 5.95. The minimum Gasteiger partial charge on any atom is -0.261 e. The highest BCUT2D eigenvalue weighted by atomic mass is 14.7. The minimum atomic E-state index is 0.798. The number of aryl methyl sites for hydroxylation is 1. The van der Waals surface area contributed by atoms with E-state index in [1.807, 2.05) is 13.0 Å². The maximum absolute atomic E-state index is 6.84. The molecule has 0 aromatic carbocycles. The number of hydrogen-bond donors (Lipinski definition) is 1. The fraction of sp³-hybridized carbons (Fsp3) is 0.250. The van der Waals surface area contributed by atoms with Crippen LogP contribution in [0.25, 0.3) is 0 Å². The zero-order valence-corrected chi connectivity index (χ0v) is 5.89.